The monoisotopic (exact) mass is 231 g/mol. The summed E-state index contributed by atoms with van der Waals surface area (Å²) in [6, 6.07) is 8.37. The summed E-state index contributed by atoms with van der Waals surface area (Å²) in [6.07, 6.45) is 8.85. The van der Waals surface area contributed by atoms with Crippen LogP contribution in [0.1, 0.15) is 50.5 Å². The third kappa shape index (κ3) is 2.32. The molecule has 3 rings (SSSR count). The van der Waals surface area contributed by atoms with Gasteiger partial charge in [-0.25, -0.2) is 0 Å². The summed E-state index contributed by atoms with van der Waals surface area (Å²) in [4.78, 5) is 0. The lowest BCUT2D eigenvalue weighted by atomic mass is 9.77. The van der Waals surface area contributed by atoms with Crippen molar-refractivity contribution < 1.29 is 4.74 Å². The van der Waals surface area contributed by atoms with Crippen LogP contribution in [-0.2, 0) is 5.54 Å². The third-order valence-electron chi connectivity index (χ3n) is 3.99. The van der Waals surface area contributed by atoms with Crippen LogP contribution in [0.15, 0.2) is 24.3 Å². The molecule has 0 spiro atoms. The van der Waals surface area contributed by atoms with Crippen LogP contribution in [0.4, 0.5) is 0 Å². The van der Waals surface area contributed by atoms with Crippen molar-refractivity contribution in [2.24, 2.45) is 5.73 Å². The normalized spacial score (nSPS) is 23.4. The van der Waals surface area contributed by atoms with Crippen molar-refractivity contribution in [1.82, 2.24) is 0 Å². The van der Waals surface area contributed by atoms with Gasteiger partial charge in [-0.2, -0.15) is 0 Å². The molecule has 0 unspecified atom stereocenters. The molecule has 2 nitrogen and oxygen atoms in total. The number of hydrogen-bond acceptors (Lipinski definition) is 2. The smallest absolute Gasteiger partial charge is 0.124 e. The first-order chi connectivity index (χ1) is 8.28. The van der Waals surface area contributed by atoms with Gasteiger partial charge < -0.3 is 10.5 Å². The van der Waals surface area contributed by atoms with Crippen molar-refractivity contribution in [3.8, 4) is 5.75 Å². The number of ether oxygens (including phenoxy) is 1. The van der Waals surface area contributed by atoms with Crippen LogP contribution < -0.4 is 10.5 Å². The second-order valence-electron chi connectivity index (χ2n) is 5.53. The fourth-order valence-electron chi connectivity index (χ4n) is 2.80. The summed E-state index contributed by atoms with van der Waals surface area (Å²) in [7, 11) is 0. The standard InChI is InChI=1S/C15H21NO/c16-15(10-4-1-5-11-15)13-6-2-3-7-14(13)17-12-8-9-12/h2-3,6-7,12H,1,4-5,8-11,16H2. The predicted molar refractivity (Wildman–Crippen MR) is 69.0 cm³/mol. The maximum Gasteiger partial charge on any atom is 0.124 e. The molecule has 2 heteroatoms. The third-order valence-corrected chi connectivity index (χ3v) is 3.99. The van der Waals surface area contributed by atoms with Crippen molar-refractivity contribution in [2.45, 2.75) is 56.6 Å². The number of para-hydroxylation sites is 1. The maximum atomic E-state index is 6.60. The number of nitrogens with two attached hydrogens (primary N) is 1. The molecule has 0 amide bonds. The Morgan fingerprint density at radius 2 is 1.76 bits per heavy atom. The molecule has 2 N–H and O–H groups in total. The van der Waals surface area contributed by atoms with Crippen LogP contribution in [-0.4, -0.2) is 6.10 Å². The molecule has 0 atom stereocenters. The van der Waals surface area contributed by atoms with Gasteiger partial charge in [0.15, 0.2) is 0 Å². The molecule has 0 aromatic heterocycles. The molecule has 2 saturated carbocycles. The highest BCUT2D eigenvalue weighted by Crippen LogP contribution is 2.40. The van der Waals surface area contributed by atoms with Gasteiger partial charge >= 0.3 is 0 Å². The quantitative estimate of drug-likeness (QED) is 0.866. The van der Waals surface area contributed by atoms with E-state index in [4.69, 9.17) is 10.5 Å². The molecule has 0 radical (unpaired) electrons. The maximum absolute atomic E-state index is 6.60. The SMILES string of the molecule is NC1(c2ccccc2OC2CC2)CCCCC1. The van der Waals surface area contributed by atoms with E-state index in [0.717, 1.165) is 18.6 Å². The first-order valence-corrected chi connectivity index (χ1v) is 6.83. The minimum atomic E-state index is -0.149. The van der Waals surface area contributed by atoms with Crippen molar-refractivity contribution in [3.05, 3.63) is 29.8 Å². The average molecular weight is 231 g/mol. The molecule has 92 valence electrons. The van der Waals surface area contributed by atoms with Crippen molar-refractivity contribution in [1.29, 1.82) is 0 Å². The second kappa shape index (κ2) is 4.34. The van der Waals surface area contributed by atoms with Crippen LogP contribution in [0.5, 0.6) is 5.75 Å². The highest BCUT2D eigenvalue weighted by molar-refractivity contribution is 5.39. The number of hydrogen-bond donors (Lipinski definition) is 1. The van der Waals surface area contributed by atoms with Crippen molar-refractivity contribution in [2.75, 3.05) is 0 Å². The first kappa shape index (κ1) is 11.1. The highest BCUT2D eigenvalue weighted by Gasteiger charge is 2.33. The zero-order valence-electron chi connectivity index (χ0n) is 10.3. The van der Waals surface area contributed by atoms with Gasteiger partial charge in [0.1, 0.15) is 5.75 Å². The van der Waals surface area contributed by atoms with E-state index in [9.17, 15) is 0 Å². The van der Waals surface area contributed by atoms with Crippen LogP contribution in [0.3, 0.4) is 0 Å². The van der Waals surface area contributed by atoms with Gasteiger partial charge in [-0.15, -0.1) is 0 Å². The predicted octanol–water partition coefficient (Wildman–Crippen LogP) is 3.35. The summed E-state index contributed by atoms with van der Waals surface area (Å²) in [5, 5.41) is 0. The van der Waals surface area contributed by atoms with Crippen LogP contribution in [0, 0.1) is 0 Å². The highest BCUT2D eigenvalue weighted by atomic mass is 16.5. The molecule has 1 aromatic carbocycles. The van der Waals surface area contributed by atoms with E-state index in [1.54, 1.807) is 0 Å². The van der Waals surface area contributed by atoms with E-state index >= 15 is 0 Å². The largest absolute Gasteiger partial charge is 0.490 e. The van der Waals surface area contributed by atoms with Gasteiger partial charge in [0.25, 0.3) is 0 Å². The van der Waals surface area contributed by atoms with Gasteiger partial charge in [-0.3, -0.25) is 0 Å². The molecule has 0 heterocycles. The van der Waals surface area contributed by atoms with Crippen LogP contribution in [0.25, 0.3) is 0 Å². The molecule has 2 aliphatic carbocycles. The molecular formula is C15H21NO. The van der Waals surface area contributed by atoms with E-state index in [1.807, 2.05) is 6.07 Å². The molecule has 2 aliphatic rings. The Kier molecular flexibility index (Phi) is 2.83. The summed E-state index contributed by atoms with van der Waals surface area (Å²) in [5.41, 5.74) is 7.68. The topological polar surface area (TPSA) is 35.2 Å². The van der Waals surface area contributed by atoms with Gasteiger partial charge in [-0.05, 0) is 31.7 Å². The first-order valence-electron chi connectivity index (χ1n) is 6.83. The number of benzene rings is 1. The summed E-state index contributed by atoms with van der Waals surface area (Å²) < 4.78 is 5.99. The van der Waals surface area contributed by atoms with Crippen molar-refractivity contribution >= 4 is 0 Å². The lowest BCUT2D eigenvalue weighted by Gasteiger charge is -2.35. The average Bonchev–Trinajstić information content (AvgIpc) is 3.15. The zero-order chi connectivity index (χ0) is 11.7. The lowest BCUT2D eigenvalue weighted by molar-refractivity contribution is 0.263. The van der Waals surface area contributed by atoms with E-state index in [0.29, 0.717) is 6.10 Å². The Morgan fingerprint density at radius 3 is 2.47 bits per heavy atom. The molecule has 1 aromatic rings. The van der Waals surface area contributed by atoms with Gasteiger partial charge in [0, 0.05) is 11.1 Å². The van der Waals surface area contributed by atoms with E-state index in [2.05, 4.69) is 18.2 Å². The fourth-order valence-corrected chi connectivity index (χ4v) is 2.80. The molecule has 0 bridgehead atoms. The molecule has 17 heavy (non-hydrogen) atoms. The molecular weight excluding hydrogens is 210 g/mol. The van der Waals surface area contributed by atoms with Gasteiger partial charge in [-0.1, -0.05) is 37.5 Å². The van der Waals surface area contributed by atoms with E-state index in [1.165, 1.54) is 37.7 Å². The van der Waals surface area contributed by atoms with Crippen LogP contribution in [0.2, 0.25) is 0 Å². The Bertz CT molecular complexity index is 392. The molecule has 2 fully saturated rings. The Hall–Kier alpha value is -1.02. The second-order valence-corrected chi connectivity index (χ2v) is 5.53. The van der Waals surface area contributed by atoms with Gasteiger partial charge in [0.05, 0.1) is 6.10 Å². The fraction of sp³-hybridized carbons (Fsp3) is 0.600. The Morgan fingerprint density at radius 1 is 1.06 bits per heavy atom. The Labute approximate surface area is 103 Å². The summed E-state index contributed by atoms with van der Waals surface area (Å²) >= 11 is 0. The van der Waals surface area contributed by atoms with Gasteiger partial charge in [0.2, 0.25) is 0 Å². The molecule has 0 saturated heterocycles. The lowest BCUT2D eigenvalue weighted by Crippen LogP contribution is -2.39. The van der Waals surface area contributed by atoms with Crippen LogP contribution >= 0.6 is 0 Å². The minimum Gasteiger partial charge on any atom is -0.490 e. The minimum absolute atomic E-state index is 0.149. The van der Waals surface area contributed by atoms with E-state index in [-0.39, 0.29) is 5.54 Å². The zero-order valence-corrected chi connectivity index (χ0v) is 10.3. The number of rotatable bonds is 3. The van der Waals surface area contributed by atoms with Crippen molar-refractivity contribution in [3.63, 3.8) is 0 Å². The summed E-state index contributed by atoms with van der Waals surface area (Å²) in [5.74, 6) is 1.03. The summed E-state index contributed by atoms with van der Waals surface area (Å²) in [6.45, 7) is 0. The Balaban J connectivity index is 1.88. The van der Waals surface area contributed by atoms with E-state index < -0.39 is 0 Å². The molecule has 0 aliphatic heterocycles.